The molecule has 4 aromatic rings. The molecule has 0 bridgehead atoms. The molecule has 0 amide bonds. The van der Waals surface area contributed by atoms with Crippen molar-refractivity contribution in [3.8, 4) is 28.2 Å². The molecular formula is C29H23F3N4O4S2. The number of hydrogen-bond donors (Lipinski definition) is 2. The molecule has 3 N–H and O–H groups in total. The number of halogens is 3. The number of aromatic nitrogens is 3. The molecule has 1 aliphatic carbocycles. The van der Waals surface area contributed by atoms with E-state index in [9.17, 15) is 27.3 Å². The van der Waals surface area contributed by atoms with Gasteiger partial charge in [-0.15, -0.1) is 11.3 Å². The summed E-state index contributed by atoms with van der Waals surface area (Å²) in [4.78, 5) is 15.7. The second kappa shape index (κ2) is 11.1. The Morgan fingerprint density at radius 3 is 2.62 bits per heavy atom. The van der Waals surface area contributed by atoms with Gasteiger partial charge in [0.2, 0.25) is 10.8 Å². The zero-order chi connectivity index (χ0) is 29.6. The fourth-order valence-electron chi connectivity index (χ4n) is 4.65. The number of carboxylic acid groups (broad SMARTS) is 1. The second-order valence-corrected chi connectivity index (χ2v) is 12.2. The van der Waals surface area contributed by atoms with Crippen LogP contribution in [0.5, 0.6) is 0 Å². The predicted octanol–water partition coefficient (Wildman–Crippen LogP) is 4.59. The molecule has 216 valence electrons. The summed E-state index contributed by atoms with van der Waals surface area (Å²) in [5.74, 6) is 2.90. The molecule has 1 unspecified atom stereocenters. The minimum absolute atomic E-state index is 0.0242. The van der Waals surface area contributed by atoms with Crippen LogP contribution in [0.3, 0.4) is 0 Å². The number of carboxylic acids is 1. The summed E-state index contributed by atoms with van der Waals surface area (Å²) in [5.41, 5.74) is 0.960. The third kappa shape index (κ3) is 5.76. The summed E-state index contributed by atoms with van der Waals surface area (Å²) in [7, 11) is -2.00. The van der Waals surface area contributed by atoms with Crippen molar-refractivity contribution in [1.82, 2.24) is 14.8 Å². The summed E-state index contributed by atoms with van der Waals surface area (Å²) in [6, 6.07) is 8.49. The number of carbonyl (C=O) groups is 1. The number of alkyl halides is 1. The van der Waals surface area contributed by atoms with Crippen molar-refractivity contribution in [2.45, 2.75) is 36.2 Å². The van der Waals surface area contributed by atoms with Gasteiger partial charge in [0.05, 0.1) is 35.1 Å². The van der Waals surface area contributed by atoms with Gasteiger partial charge < -0.3 is 9.84 Å². The summed E-state index contributed by atoms with van der Waals surface area (Å²) < 4.78 is 62.1. The monoisotopic (exact) mass is 612 g/mol. The topological polar surface area (TPSA) is 120 Å². The van der Waals surface area contributed by atoms with E-state index in [1.807, 2.05) is 0 Å². The van der Waals surface area contributed by atoms with E-state index < -0.39 is 34.3 Å². The molecule has 0 spiro atoms. The van der Waals surface area contributed by atoms with Crippen molar-refractivity contribution in [1.29, 1.82) is 0 Å². The van der Waals surface area contributed by atoms with Crippen LogP contribution in [0.1, 0.15) is 45.7 Å². The lowest BCUT2D eigenvalue weighted by Gasteiger charge is -2.28. The number of aromatic carboxylic acids is 1. The molecule has 1 atom stereocenters. The molecule has 2 aromatic carbocycles. The van der Waals surface area contributed by atoms with E-state index >= 15 is 0 Å². The Balaban J connectivity index is 1.50. The molecule has 0 radical (unpaired) electrons. The smallest absolute Gasteiger partial charge is 0.355 e. The maximum absolute atomic E-state index is 14.8. The van der Waals surface area contributed by atoms with Crippen LogP contribution in [0.15, 0.2) is 46.7 Å². The van der Waals surface area contributed by atoms with Gasteiger partial charge in [-0.3, -0.25) is 0 Å². The minimum Gasteiger partial charge on any atom is -0.476 e. The lowest BCUT2D eigenvalue weighted by atomic mass is 9.96. The molecule has 6 rings (SSSR count). The lowest BCUT2D eigenvalue weighted by molar-refractivity contribution is -0.0934. The Bertz CT molecular complexity index is 1800. The van der Waals surface area contributed by atoms with Crippen LogP contribution >= 0.6 is 11.3 Å². The average Bonchev–Trinajstić information content (AvgIpc) is 3.49. The van der Waals surface area contributed by atoms with Crippen LogP contribution in [0.2, 0.25) is 0 Å². The SMILES string of the molecule is NS(=O)c1ccc(Cc2c(-c3ccc(F)c(C#CC4(F)COC4)c3)nn(-c3nc(C(=O)O)cs3)c2CC2CC2)cc1F. The van der Waals surface area contributed by atoms with Gasteiger partial charge in [0.1, 0.15) is 22.6 Å². The fraction of sp³-hybridized carbons (Fsp3) is 0.276. The van der Waals surface area contributed by atoms with E-state index in [1.165, 1.54) is 35.7 Å². The van der Waals surface area contributed by atoms with Crippen LogP contribution in [0, 0.1) is 29.4 Å². The Morgan fingerprint density at radius 1 is 1.21 bits per heavy atom. The number of hydrogen-bond acceptors (Lipinski definition) is 6. The number of benzene rings is 2. The van der Waals surface area contributed by atoms with Crippen LogP contribution in [0.4, 0.5) is 13.2 Å². The predicted molar refractivity (Wildman–Crippen MR) is 149 cm³/mol. The highest BCUT2D eigenvalue weighted by molar-refractivity contribution is 7.82. The van der Waals surface area contributed by atoms with Crippen molar-refractivity contribution in [2.24, 2.45) is 11.1 Å². The number of nitrogens with two attached hydrogens (primary N) is 1. The van der Waals surface area contributed by atoms with Gasteiger partial charge in [0.15, 0.2) is 5.69 Å². The van der Waals surface area contributed by atoms with Gasteiger partial charge in [-0.05, 0) is 61.1 Å². The Hall–Kier alpha value is -3.83. The van der Waals surface area contributed by atoms with Gasteiger partial charge in [-0.25, -0.2) is 37.0 Å². The molecule has 1 saturated carbocycles. The van der Waals surface area contributed by atoms with Crippen molar-refractivity contribution < 1.29 is 32.0 Å². The molecule has 3 heterocycles. The van der Waals surface area contributed by atoms with Crippen molar-refractivity contribution in [3.63, 3.8) is 0 Å². The van der Waals surface area contributed by atoms with Gasteiger partial charge in [0.25, 0.3) is 0 Å². The molecule has 2 aromatic heterocycles. The Labute approximate surface area is 244 Å². The second-order valence-electron chi connectivity index (χ2n) is 10.3. The van der Waals surface area contributed by atoms with E-state index in [4.69, 9.17) is 15.0 Å². The number of nitrogens with zero attached hydrogens (tertiary/aromatic N) is 3. The maximum atomic E-state index is 14.8. The minimum atomic E-state index is -2.00. The Morgan fingerprint density at radius 2 is 2.00 bits per heavy atom. The largest absolute Gasteiger partial charge is 0.476 e. The summed E-state index contributed by atoms with van der Waals surface area (Å²) >= 11 is 1.11. The molecule has 2 fully saturated rings. The van der Waals surface area contributed by atoms with E-state index in [-0.39, 0.29) is 35.8 Å². The molecular weight excluding hydrogens is 589 g/mol. The highest BCUT2D eigenvalue weighted by atomic mass is 32.2. The van der Waals surface area contributed by atoms with Crippen LogP contribution < -0.4 is 5.14 Å². The maximum Gasteiger partial charge on any atom is 0.355 e. The molecule has 8 nitrogen and oxygen atoms in total. The summed E-state index contributed by atoms with van der Waals surface area (Å²) in [6.45, 7) is -0.362. The Kier molecular flexibility index (Phi) is 7.48. The quantitative estimate of drug-likeness (QED) is 0.281. The third-order valence-corrected chi connectivity index (χ3v) is 8.66. The summed E-state index contributed by atoms with van der Waals surface area (Å²) in [6.07, 6.45) is 2.83. The average molecular weight is 613 g/mol. The zero-order valence-corrected chi connectivity index (χ0v) is 23.5. The van der Waals surface area contributed by atoms with Crippen molar-refractivity contribution in [2.75, 3.05) is 13.2 Å². The van der Waals surface area contributed by atoms with Gasteiger partial charge in [0, 0.05) is 22.9 Å². The fourth-order valence-corrected chi connectivity index (χ4v) is 5.87. The van der Waals surface area contributed by atoms with Crippen molar-refractivity contribution in [3.05, 3.63) is 81.5 Å². The first-order valence-electron chi connectivity index (χ1n) is 12.9. The molecule has 1 saturated heterocycles. The first-order chi connectivity index (χ1) is 20.1. The van der Waals surface area contributed by atoms with E-state index in [2.05, 4.69) is 16.8 Å². The van der Waals surface area contributed by atoms with Gasteiger partial charge in [-0.2, -0.15) is 5.10 Å². The molecule has 13 heteroatoms. The van der Waals surface area contributed by atoms with Gasteiger partial charge >= 0.3 is 5.97 Å². The van der Waals surface area contributed by atoms with Crippen molar-refractivity contribution >= 4 is 28.3 Å². The number of ether oxygens (including phenoxy) is 1. The highest BCUT2D eigenvalue weighted by Gasteiger charge is 2.37. The number of rotatable bonds is 8. The van der Waals surface area contributed by atoms with E-state index in [1.54, 1.807) is 10.7 Å². The van der Waals surface area contributed by atoms with Crippen LogP contribution in [0.25, 0.3) is 16.4 Å². The van der Waals surface area contributed by atoms with E-state index in [0.29, 0.717) is 39.9 Å². The standard InChI is InChI=1S/C29H23F3N4O4S2/c30-21-5-4-19(12-18(21)7-8-29(32)14-40-15-29)26-20(9-17-3-6-25(42(33)39)22(31)10-17)24(11-16-1-2-16)36(35-26)28-34-23(13-41-28)27(37)38/h3-6,10,12-13,16H,1-2,9,11,14-15,33H2,(H,37,38). The van der Waals surface area contributed by atoms with Crippen LogP contribution in [-0.4, -0.2) is 48.9 Å². The summed E-state index contributed by atoms with van der Waals surface area (Å²) in [5, 5.41) is 21.4. The third-order valence-electron chi connectivity index (χ3n) is 7.08. The zero-order valence-electron chi connectivity index (χ0n) is 21.9. The van der Waals surface area contributed by atoms with E-state index in [0.717, 1.165) is 29.9 Å². The lowest BCUT2D eigenvalue weighted by Crippen LogP contribution is -2.44. The first-order valence-corrected chi connectivity index (χ1v) is 15.0. The number of thiazole rings is 1. The molecule has 1 aliphatic heterocycles. The molecule has 2 aliphatic rings. The first kappa shape index (κ1) is 28.3. The van der Waals surface area contributed by atoms with Crippen LogP contribution in [-0.2, 0) is 28.6 Å². The highest BCUT2D eigenvalue weighted by Crippen LogP contribution is 2.38. The molecule has 42 heavy (non-hydrogen) atoms. The van der Waals surface area contributed by atoms with Gasteiger partial charge in [-0.1, -0.05) is 17.9 Å². The normalized spacial score (nSPS) is 16.4.